The molecule has 3 rings (SSSR count). The van der Waals surface area contributed by atoms with Crippen LogP contribution in [0, 0.1) is 11.3 Å². The van der Waals surface area contributed by atoms with Crippen molar-refractivity contribution in [1.82, 2.24) is 5.32 Å². The van der Waals surface area contributed by atoms with Crippen molar-refractivity contribution in [3.63, 3.8) is 0 Å². The second-order valence-electron chi connectivity index (χ2n) is 7.30. The Kier molecular flexibility index (Phi) is 8.39. The van der Waals surface area contributed by atoms with Gasteiger partial charge in [0.05, 0.1) is 11.6 Å². The first-order valence-corrected chi connectivity index (χ1v) is 11.4. The molecule has 2 aromatic rings. The number of rotatable bonds is 8. The maximum absolute atomic E-state index is 12.5. The van der Waals surface area contributed by atoms with Crippen LogP contribution < -0.4 is 14.8 Å². The van der Waals surface area contributed by atoms with Gasteiger partial charge in [0.2, 0.25) is 0 Å². The lowest BCUT2D eigenvalue weighted by molar-refractivity contribution is -0.117. The Labute approximate surface area is 196 Å². The van der Waals surface area contributed by atoms with Gasteiger partial charge in [-0.05, 0) is 61.2 Å². The number of halogens is 2. The van der Waals surface area contributed by atoms with Crippen molar-refractivity contribution < 1.29 is 14.3 Å². The average Bonchev–Trinajstić information content (AvgIpc) is 3.26. The molecule has 0 bridgehead atoms. The number of benzene rings is 2. The lowest BCUT2D eigenvalue weighted by Crippen LogP contribution is -2.33. The van der Waals surface area contributed by atoms with Crippen molar-refractivity contribution in [3.05, 3.63) is 62.6 Å². The van der Waals surface area contributed by atoms with Gasteiger partial charge in [0.15, 0.2) is 11.5 Å². The number of nitriles is 1. The van der Waals surface area contributed by atoms with Crippen LogP contribution in [-0.4, -0.2) is 18.6 Å². The number of ether oxygens (including phenoxy) is 2. The highest BCUT2D eigenvalue weighted by atomic mass is 79.9. The maximum atomic E-state index is 12.5. The van der Waals surface area contributed by atoms with Crippen LogP contribution in [0.15, 0.2) is 46.4 Å². The summed E-state index contributed by atoms with van der Waals surface area (Å²) in [5.74, 6) is 0.531. The summed E-state index contributed by atoms with van der Waals surface area (Å²) >= 11 is 9.89. The number of hydrogen-bond acceptors (Lipinski definition) is 4. The van der Waals surface area contributed by atoms with E-state index in [0.29, 0.717) is 35.3 Å². The predicted molar refractivity (Wildman–Crippen MR) is 125 cm³/mol. The van der Waals surface area contributed by atoms with Gasteiger partial charge in [-0.3, -0.25) is 4.79 Å². The minimum Gasteiger partial charge on any atom is -0.490 e. The molecule has 0 radical (unpaired) electrons. The van der Waals surface area contributed by atoms with Gasteiger partial charge in [0.25, 0.3) is 5.91 Å². The van der Waals surface area contributed by atoms with Crippen LogP contribution in [0.3, 0.4) is 0 Å². The van der Waals surface area contributed by atoms with Gasteiger partial charge in [-0.2, -0.15) is 5.26 Å². The SMILES string of the molecule is CCOc1cc(/C=C(/C#N)C(=O)NC2CCCC2)cc(Cl)c1OCc1ccc(Br)cc1. The molecule has 1 aliphatic rings. The first kappa shape index (κ1) is 23.2. The van der Waals surface area contributed by atoms with E-state index in [2.05, 4.69) is 21.2 Å². The van der Waals surface area contributed by atoms with Crippen LogP contribution in [0.25, 0.3) is 6.08 Å². The summed E-state index contributed by atoms with van der Waals surface area (Å²) in [5.41, 5.74) is 1.62. The van der Waals surface area contributed by atoms with Crippen LogP contribution in [0.2, 0.25) is 5.02 Å². The lowest BCUT2D eigenvalue weighted by Gasteiger charge is -2.15. The number of amides is 1. The van der Waals surface area contributed by atoms with Crippen LogP contribution in [0.1, 0.15) is 43.7 Å². The molecule has 1 amide bonds. The minimum atomic E-state index is -0.362. The van der Waals surface area contributed by atoms with E-state index in [1.54, 1.807) is 12.1 Å². The molecule has 1 aliphatic carbocycles. The number of carbonyl (C=O) groups is 1. The van der Waals surface area contributed by atoms with Gasteiger partial charge in [-0.1, -0.05) is 52.5 Å². The molecule has 0 aliphatic heterocycles. The Morgan fingerprint density at radius 3 is 2.61 bits per heavy atom. The largest absolute Gasteiger partial charge is 0.490 e. The summed E-state index contributed by atoms with van der Waals surface area (Å²) in [7, 11) is 0. The average molecular weight is 504 g/mol. The molecule has 0 aromatic heterocycles. The number of hydrogen-bond donors (Lipinski definition) is 1. The topological polar surface area (TPSA) is 71.3 Å². The molecule has 5 nitrogen and oxygen atoms in total. The molecule has 1 N–H and O–H groups in total. The van der Waals surface area contributed by atoms with Gasteiger partial charge in [0.1, 0.15) is 18.2 Å². The second-order valence-corrected chi connectivity index (χ2v) is 8.63. The Balaban J connectivity index is 1.80. The molecule has 0 atom stereocenters. The predicted octanol–water partition coefficient (Wildman–Crippen LogP) is 6.05. The van der Waals surface area contributed by atoms with E-state index in [1.165, 1.54) is 6.08 Å². The highest BCUT2D eigenvalue weighted by Crippen LogP contribution is 2.38. The molecule has 0 unspecified atom stereocenters. The van der Waals surface area contributed by atoms with Gasteiger partial charge in [-0.25, -0.2) is 0 Å². The van der Waals surface area contributed by atoms with Crippen molar-refractivity contribution in [2.45, 2.75) is 45.3 Å². The van der Waals surface area contributed by atoms with Gasteiger partial charge < -0.3 is 14.8 Å². The third-order valence-electron chi connectivity index (χ3n) is 4.99. The fourth-order valence-electron chi connectivity index (χ4n) is 3.46. The standard InChI is InChI=1S/C24H24BrClN2O3/c1-2-30-22-13-17(11-18(14-27)24(29)28-20-5-3-4-6-20)12-21(26)23(22)31-15-16-7-9-19(25)10-8-16/h7-13,20H,2-6,15H2,1H3,(H,28,29)/b18-11-. The van der Waals surface area contributed by atoms with Crippen molar-refractivity contribution in [2.24, 2.45) is 0 Å². The summed E-state index contributed by atoms with van der Waals surface area (Å²) in [6.07, 6.45) is 5.64. The summed E-state index contributed by atoms with van der Waals surface area (Å²) in [5, 5.41) is 12.8. The highest BCUT2D eigenvalue weighted by Gasteiger charge is 2.20. The van der Waals surface area contributed by atoms with E-state index >= 15 is 0 Å². The molecule has 2 aromatic carbocycles. The Morgan fingerprint density at radius 2 is 1.97 bits per heavy atom. The normalized spacial score (nSPS) is 14.2. The summed E-state index contributed by atoms with van der Waals surface area (Å²) in [4.78, 5) is 12.5. The van der Waals surface area contributed by atoms with Crippen LogP contribution >= 0.6 is 27.5 Å². The quantitative estimate of drug-likeness (QED) is 0.352. The maximum Gasteiger partial charge on any atom is 0.262 e. The molecule has 0 saturated heterocycles. The zero-order valence-corrected chi connectivity index (χ0v) is 19.6. The third-order valence-corrected chi connectivity index (χ3v) is 5.80. The van der Waals surface area contributed by atoms with Crippen molar-refractivity contribution >= 4 is 39.5 Å². The fourth-order valence-corrected chi connectivity index (χ4v) is 4.00. The van der Waals surface area contributed by atoms with Gasteiger partial charge >= 0.3 is 0 Å². The lowest BCUT2D eigenvalue weighted by atomic mass is 10.1. The molecule has 1 saturated carbocycles. The van der Waals surface area contributed by atoms with E-state index in [0.717, 1.165) is 35.7 Å². The van der Waals surface area contributed by atoms with Crippen LogP contribution in [-0.2, 0) is 11.4 Å². The van der Waals surface area contributed by atoms with E-state index in [1.807, 2.05) is 37.3 Å². The third kappa shape index (κ3) is 6.49. The second kappa shape index (κ2) is 11.2. The first-order chi connectivity index (χ1) is 15.0. The first-order valence-electron chi connectivity index (χ1n) is 10.3. The van der Waals surface area contributed by atoms with Crippen molar-refractivity contribution in [1.29, 1.82) is 5.26 Å². The molecule has 0 heterocycles. The summed E-state index contributed by atoms with van der Waals surface area (Å²) in [6, 6.07) is 13.3. The Hall–Kier alpha value is -2.49. The molecule has 31 heavy (non-hydrogen) atoms. The van der Waals surface area contributed by atoms with Crippen molar-refractivity contribution in [2.75, 3.05) is 6.61 Å². The van der Waals surface area contributed by atoms with Crippen LogP contribution in [0.4, 0.5) is 0 Å². The monoisotopic (exact) mass is 502 g/mol. The molecule has 7 heteroatoms. The number of nitrogens with one attached hydrogen (secondary N) is 1. The summed E-state index contributed by atoms with van der Waals surface area (Å²) < 4.78 is 12.6. The van der Waals surface area contributed by atoms with E-state index < -0.39 is 0 Å². The zero-order valence-electron chi connectivity index (χ0n) is 17.3. The van der Waals surface area contributed by atoms with E-state index in [4.69, 9.17) is 21.1 Å². The number of nitrogens with zero attached hydrogens (tertiary/aromatic N) is 1. The van der Waals surface area contributed by atoms with E-state index in [9.17, 15) is 10.1 Å². The Bertz CT molecular complexity index is 993. The zero-order chi connectivity index (χ0) is 22.2. The highest BCUT2D eigenvalue weighted by molar-refractivity contribution is 9.10. The van der Waals surface area contributed by atoms with Gasteiger partial charge in [-0.15, -0.1) is 0 Å². The Morgan fingerprint density at radius 1 is 1.26 bits per heavy atom. The number of carbonyl (C=O) groups excluding carboxylic acids is 1. The molecular weight excluding hydrogens is 480 g/mol. The minimum absolute atomic E-state index is 0.0361. The smallest absolute Gasteiger partial charge is 0.262 e. The molecule has 1 fully saturated rings. The fraction of sp³-hybridized carbons (Fsp3) is 0.333. The molecular formula is C24H24BrClN2O3. The molecule has 0 spiro atoms. The summed E-state index contributed by atoms with van der Waals surface area (Å²) in [6.45, 7) is 2.62. The van der Waals surface area contributed by atoms with Crippen LogP contribution in [0.5, 0.6) is 11.5 Å². The van der Waals surface area contributed by atoms with E-state index in [-0.39, 0.29) is 17.5 Å². The van der Waals surface area contributed by atoms with Gasteiger partial charge in [0, 0.05) is 10.5 Å². The van der Waals surface area contributed by atoms with Crippen molar-refractivity contribution in [3.8, 4) is 17.6 Å². The molecule has 162 valence electrons.